The number of carbonyl (C=O) groups excluding carboxylic acids is 3. The maximum atomic E-state index is 13.8. The molecular weight excluding hydrogens is 570 g/mol. The van der Waals surface area contributed by atoms with Gasteiger partial charge in [-0.2, -0.15) is 0 Å². The number of carboxylic acids is 1. The Morgan fingerprint density at radius 1 is 1.14 bits per heavy atom. The van der Waals surface area contributed by atoms with E-state index in [1.165, 1.54) is 0 Å². The highest BCUT2D eigenvalue weighted by Crippen LogP contribution is 2.42. The summed E-state index contributed by atoms with van der Waals surface area (Å²) in [5.41, 5.74) is 1.55. The lowest BCUT2D eigenvalue weighted by Gasteiger charge is -2.35. The van der Waals surface area contributed by atoms with Crippen molar-refractivity contribution in [2.24, 2.45) is 5.92 Å². The van der Waals surface area contributed by atoms with Crippen molar-refractivity contribution in [1.82, 2.24) is 14.9 Å². The third-order valence-corrected chi connectivity index (χ3v) is 8.30. The SMILES string of the molecule is CCc1c2c(nc3ccc(O)cc13)-c1cc3c(c(=O)n1C2)COC(=O)[C@@]3(CC)OC(=O)CCC(=O)N[C@@H](CC(C)C)C(=O)O. The molecule has 0 bridgehead atoms. The number of hydrogen-bond donors (Lipinski definition) is 3. The van der Waals surface area contributed by atoms with Crippen LogP contribution in [0.25, 0.3) is 22.3 Å². The summed E-state index contributed by atoms with van der Waals surface area (Å²) in [6.45, 7) is 7.23. The van der Waals surface area contributed by atoms with Crippen molar-refractivity contribution < 1.29 is 38.9 Å². The first kappa shape index (κ1) is 30.7. The second-order valence-corrected chi connectivity index (χ2v) is 11.6. The number of nitrogens with zero attached hydrogens (tertiary/aromatic N) is 2. The van der Waals surface area contributed by atoms with E-state index in [9.17, 15) is 34.2 Å². The maximum Gasteiger partial charge on any atom is 0.355 e. The Morgan fingerprint density at radius 2 is 1.89 bits per heavy atom. The minimum absolute atomic E-state index is 0.0246. The fourth-order valence-electron chi connectivity index (χ4n) is 6.13. The number of benzene rings is 1. The van der Waals surface area contributed by atoms with Crippen molar-refractivity contribution in [1.29, 1.82) is 0 Å². The molecule has 2 aliphatic heterocycles. The van der Waals surface area contributed by atoms with Gasteiger partial charge in [0.25, 0.3) is 5.56 Å². The molecule has 1 amide bonds. The summed E-state index contributed by atoms with van der Waals surface area (Å²) in [6.07, 6.45) is 0.0470. The van der Waals surface area contributed by atoms with Gasteiger partial charge >= 0.3 is 17.9 Å². The molecule has 0 spiro atoms. The highest BCUT2D eigenvalue weighted by molar-refractivity contribution is 5.91. The van der Waals surface area contributed by atoms with Gasteiger partial charge in [0.2, 0.25) is 11.5 Å². The Bertz CT molecular complexity index is 1760. The van der Waals surface area contributed by atoms with Gasteiger partial charge in [-0.15, -0.1) is 0 Å². The van der Waals surface area contributed by atoms with Crippen LogP contribution < -0.4 is 10.9 Å². The van der Waals surface area contributed by atoms with Crippen LogP contribution in [0.5, 0.6) is 5.75 Å². The smallest absolute Gasteiger partial charge is 0.355 e. The Balaban J connectivity index is 1.47. The van der Waals surface area contributed by atoms with Crippen molar-refractivity contribution in [2.75, 3.05) is 0 Å². The van der Waals surface area contributed by atoms with Crippen LogP contribution in [-0.4, -0.2) is 49.6 Å². The van der Waals surface area contributed by atoms with E-state index in [1.54, 1.807) is 35.8 Å². The van der Waals surface area contributed by atoms with Crippen LogP contribution in [0, 0.1) is 5.92 Å². The van der Waals surface area contributed by atoms with Gasteiger partial charge in [-0.05, 0) is 55.0 Å². The number of amides is 1. The molecule has 3 aromatic rings. The summed E-state index contributed by atoms with van der Waals surface area (Å²) >= 11 is 0. The van der Waals surface area contributed by atoms with Gasteiger partial charge in [-0.3, -0.25) is 14.4 Å². The van der Waals surface area contributed by atoms with Crippen LogP contribution in [0.1, 0.15) is 75.6 Å². The molecule has 12 nitrogen and oxygen atoms in total. The van der Waals surface area contributed by atoms with Gasteiger partial charge < -0.3 is 29.6 Å². The summed E-state index contributed by atoms with van der Waals surface area (Å²) in [5.74, 6) is -3.38. The van der Waals surface area contributed by atoms with E-state index in [1.807, 2.05) is 20.8 Å². The standard InChI is InChI=1S/C32H35N3O9/c1-5-18-19-12-17(36)7-8-23(19)34-28-20(18)14-35-25(28)13-22-21(29(35)39)15-43-31(42)32(22,6-2)44-27(38)10-9-26(37)33-24(30(40)41)11-16(3)4/h7-8,12-13,16,24,36H,5-6,9-11,14-15H2,1-4H3,(H,33,37)(H,40,41)/t24-,32-/m0/s1. The number of esters is 2. The molecule has 2 aromatic heterocycles. The first-order chi connectivity index (χ1) is 20.9. The average Bonchev–Trinajstić information content (AvgIpc) is 3.34. The van der Waals surface area contributed by atoms with Crippen LogP contribution in [-0.2, 0) is 53.8 Å². The fourth-order valence-corrected chi connectivity index (χ4v) is 6.13. The largest absolute Gasteiger partial charge is 0.508 e. The molecule has 0 saturated carbocycles. The van der Waals surface area contributed by atoms with Crippen molar-refractivity contribution in [3.63, 3.8) is 0 Å². The second kappa shape index (κ2) is 11.7. The number of fused-ring (bicyclic) bond motifs is 5. The number of phenols is 1. The molecule has 3 N–H and O–H groups in total. The molecule has 0 fully saturated rings. The molecule has 4 heterocycles. The van der Waals surface area contributed by atoms with E-state index in [-0.39, 0.29) is 55.2 Å². The quantitative estimate of drug-likeness (QED) is 0.228. The van der Waals surface area contributed by atoms with Crippen molar-refractivity contribution in [3.05, 3.63) is 56.9 Å². The molecule has 5 rings (SSSR count). The first-order valence-electron chi connectivity index (χ1n) is 14.7. The molecule has 12 heteroatoms. The van der Waals surface area contributed by atoms with Gasteiger partial charge in [0, 0.05) is 22.9 Å². The lowest BCUT2D eigenvalue weighted by molar-refractivity contribution is -0.189. The van der Waals surface area contributed by atoms with E-state index < -0.39 is 47.4 Å². The summed E-state index contributed by atoms with van der Waals surface area (Å²) in [6, 6.07) is 5.47. The fraction of sp³-hybridized carbons (Fsp3) is 0.438. The summed E-state index contributed by atoms with van der Waals surface area (Å²) < 4.78 is 12.7. The van der Waals surface area contributed by atoms with Gasteiger partial charge in [0.15, 0.2) is 0 Å². The minimum atomic E-state index is -1.92. The number of cyclic esters (lactones) is 1. The highest BCUT2D eigenvalue weighted by atomic mass is 16.6. The summed E-state index contributed by atoms with van der Waals surface area (Å²) in [5, 5.41) is 22.7. The zero-order chi connectivity index (χ0) is 31.9. The second-order valence-electron chi connectivity index (χ2n) is 11.6. The number of rotatable bonds is 10. The number of phenolic OH excluding ortho intramolecular Hbond substituents is 1. The van der Waals surface area contributed by atoms with E-state index in [4.69, 9.17) is 14.5 Å². The molecule has 0 saturated heterocycles. The maximum absolute atomic E-state index is 13.8. The Hall–Kier alpha value is -4.74. The van der Waals surface area contributed by atoms with E-state index in [2.05, 4.69) is 5.32 Å². The first-order valence-corrected chi connectivity index (χ1v) is 14.7. The van der Waals surface area contributed by atoms with E-state index in [0.717, 1.165) is 16.5 Å². The van der Waals surface area contributed by atoms with E-state index >= 15 is 0 Å². The Morgan fingerprint density at radius 3 is 2.55 bits per heavy atom. The molecular formula is C32H35N3O9. The lowest BCUT2D eigenvalue weighted by atomic mass is 9.85. The van der Waals surface area contributed by atoms with Gasteiger partial charge in [-0.1, -0.05) is 27.7 Å². The molecule has 0 aliphatic carbocycles. The number of nitrogens with one attached hydrogen (secondary N) is 1. The number of aryl methyl sites for hydroxylation is 1. The van der Waals surface area contributed by atoms with Gasteiger partial charge in [0.05, 0.1) is 35.4 Å². The molecule has 0 radical (unpaired) electrons. The minimum Gasteiger partial charge on any atom is -0.508 e. The predicted molar refractivity (Wildman–Crippen MR) is 158 cm³/mol. The lowest BCUT2D eigenvalue weighted by Crippen LogP contribution is -2.47. The number of aromatic hydroxyl groups is 1. The van der Waals surface area contributed by atoms with Crippen LogP contribution in [0.3, 0.4) is 0 Å². The molecule has 2 aliphatic rings. The molecule has 2 atom stereocenters. The van der Waals surface area contributed by atoms with Gasteiger partial charge in [-0.25, -0.2) is 14.6 Å². The Kier molecular flexibility index (Phi) is 8.19. The van der Waals surface area contributed by atoms with Gasteiger partial charge in [0.1, 0.15) is 18.4 Å². The number of ether oxygens (including phenoxy) is 2. The predicted octanol–water partition coefficient (Wildman–Crippen LogP) is 3.29. The topological polar surface area (TPSA) is 174 Å². The molecule has 44 heavy (non-hydrogen) atoms. The van der Waals surface area contributed by atoms with Crippen molar-refractivity contribution in [3.8, 4) is 17.1 Å². The zero-order valence-electron chi connectivity index (χ0n) is 25.1. The van der Waals surface area contributed by atoms with E-state index in [0.29, 0.717) is 23.3 Å². The number of hydrogen-bond acceptors (Lipinski definition) is 9. The average molecular weight is 606 g/mol. The number of carbonyl (C=O) groups is 4. The zero-order valence-corrected chi connectivity index (χ0v) is 25.1. The van der Waals surface area contributed by atoms with Crippen LogP contribution >= 0.6 is 0 Å². The molecule has 0 unspecified atom stereocenters. The number of aliphatic carboxylic acids is 1. The number of carboxylic acid groups (broad SMARTS) is 1. The van der Waals surface area contributed by atoms with Crippen molar-refractivity contribution in [2.45, 2.75) is 84.6 Å². The third kappa shape index (κ3) is 5.29. The normalized spacial score (nSPS) is 17.4. The molecule has 232 valence electrons. The summed E-state index contributed by atoms with van der Waals surface area (Å²) in [7, 11) is 0. The summed E-state index contributed by atoms with van der Waals surface area (Å²) in [4.78, 5) is 69.0. The van der Waals surface area contributed by atoms with Crippen LogP contribution in [0.4, 0.5) is 0 Å². The Labute approximate surface area is 253 Å². The monoisotopic (exact) mass is 605 g/mol. The van der Waals surface area contributed by atoms with Crippen LogP contribution in [0.15, 0.2) is 29.1 Å². The van der Waals surface area contributed by atoms with Crippen molar-refractivity contribution >= 4 is 34.7 Å². The third-order valence-electron chi connectivity index (χ3n) is 8.30. The van der Waals surface area contributed by atoms with Crippen LogP contribution in [0.2, 0.25) is 0 Å². The molecule has 1 aromatic carbocycles. The number of pyridine rings is 2. The number of aromatic nitrogens is 2. The highest BCUT2D eigenvalue weighted by Gasteiger charge is 2.50.